The molecule has 3 rings (SSSR count). The number of carbonyl (C=O) groups excluding carboxylic acids is 2. The van der Waals surface area contributed by atoms with Crippen LogP contribution >= 0.6 is 11.3 Å². The number of amides is 3. The van der Waals surface area contributed by atoms with E-state index in [1.807, 2.05) is 5.38 Å². The van der Waals surface area contributed by atoms with Crippen LogP contribution in [0, 0.1) is 0 Å². The van der Waals surface area contributed by atoms with E-state index < -0.39 is 28.7 Å². The number of nitrogens with zero attached hydrogens (tertiary/aromatic N) is 3. The molecule has 24 heavy (non-hydrogen) atoms. The first-order valence-electron chi connectivity index (χ1n) is 7.18. The molecule has 1 aliphatic heterocycles. The molecule has 2 aromatic rings. The Balaban J connectivity index is 1.98. The van der Waals surface area contributed by atoms with Gasteiger partial charge in [0.1, 0.15) is 5.54 Å². The van der Waals surface area contributed by atoms with Crippen LogP contribution in [0.4, 0.5) is 4.79 Å². The fraction of sp³-hybridized carbons (Fsp3) is 0.333. The van der Waals surface area contributed by atoms with Crippen molar-refractivity contribution in [2.24, 2.45) is 14.1 Å². The molecule has 0 aromatic carbocycles. The van der Waals surface area contributed by atoms with Crippen LogP contribution in [0.3, 0.4) is 0 Å². The summed E-state index contributed by atoms with van der Waals surface area (Å²) in [6.45, 7) is 1.49. The molecule has 1 atom stereocenters. The summed E-state index contributed by atoms with van der Waals surface area (Å²) in [5.41, 5.74) is -1.14. The van der Waals surface area contributed by atoms with Crippen molar-refractivity contribution >= 4 is 23.3 Å². The highest BCUT2D eigenvalue weighted by Crippen LogP contribution is 2.30. The molecule has 1 N–H and O–H groups in total. The van der Waals surface area contributed by atoms with E-state index >= 15 is 0 Å². The van der Waals surface area contributed by atoms with Crippen molar-refractivity contribution in [3.8, 4) is 0 Å². The summed E-state index contributed by atoms with van der Waals surface area (Å²) in [5.74, 6) is -0.418. The molecule has 0 spiro atoms. The Labute approximate surface area is 140 Å². The molecule has 3 heterocycles. The molecular formula is C15H16N4O4S. The zero-order valence-electron chi connectivity index (χ0n) is 13.4. The van der Waals surface area contributed by atoms with E-state index in [1.165, 1.54) is 36.1 Å². The average molecular weight is 348 g/mol. The third-order valence-electron chi connectivity index (χ3n) is 4.32. The molecule has 1 aliphatic rings. The monoisotopic (exact) mass is 348 g/mol. The average Bonchev–Trinajstić information content (AvgIpc) is 3.15. The van der Waals surface area contributed by atoms with Crippen molar-refractivity contribution in [2.75, 3.05) is 0 Å². The number of nitrogens with one attached hydrogen (secondary N) is 1. The standard InChI is InChI=1S/C15H16N4O4S/c1-15(9-4-5-24-8-9)12(21)19(13(22)16-15)7-10-6-11(20)18(3)14(23)17(10)2/h4-6,8H,7H2,1-3H3,(H,16,22)/t15-/m1/s1. The van der Waals surface area contributed by atoms with E-state index in [4.69, 9.17) is 0 Å². The highest BCUT2D eigenvalue weighted by molar-refractivity contribution is 7.08. The fourth-order valence-corrected chi connectivity index (χ4v) is 3.44. The molecule has 3 amide bonds. The fourth-order valence-electron chi connectivity index (χ4n) is 2.68. The van der Waals surface area contributed by atoms with Crippen LogP contribution in [0.15, 0.2) is 32.5 Å². The first-order chi connectivity index (χ1) is 11.3. The van der Waals surface area contributed by atoms with E-state index in [-0.39, 0.29) is 6.54 Å². The SMILES string of the molecule is Cn1c(CN2C(=O)N[C@](C)(c3ccsc3)C2=O)cc(=O)n(C)c1=O. The summed E-state index contributed by atoms with van der Waals surface area (Å²) < 4.78 is 2.22. The van der Waals surface area contributed by atoms with Crippen LogP contribution in [-0.2, 0) is 31.0 Å². The van der Waals surface area contributed by atoms with Gasteiger partial charge in [0.05, 0.1) is 6.54 Å². The predicted octanol–water partition coefficient (Wildman–Crippen LogP) is 0.113. The largest absolute Gasteiger partial charge is 0.330 e. The lowest BCUT2D eigenvalue weighted by Crippen LogP contribution is -2.42. The van der Waals surface area contributed by atoms with Crippen molar-refractivity contribution < 1.29 is 9.59 Å². The van der Waals surface area contributed by atoms with Crippen molar-refractivity contribution in [3.05, 3.63) is 55.0 Å². The topological polar surface area (TPSA) is 93.4 Å². The quantitative estimate of drug-likeness (QED) is 0.797. The minimum Gasteiger partial charge on any atom is -0.319 e. The second-order valence-corrected chi connectivity index (χ2v) is 6.61. The molecule has 2 aromatic heterocycles. The highest BCUT2D eigenvalue weighted by Gasteiger charge is 2.49. The smallest absolute Gasteiger partial charge is 0.319 e. The maximum absolute atomic E-state index is 12.8. The number of rotatable bonds is 3. The van der Waals surface area contributed by atoms with Gasteiger partial charge in [-0.15, -0.1) is 0 Å². The minimum absolute atomic E-state index is 0.147. The Hall–Kier alpha value is -2.68. The van der Waals surface area contributed by atoms with Crippen molar-refractivity contribution in [1.82, 2.24) is 19.4 Å². The molecule has 126 valence electrons. The Morgan fingerprint density at radius 2 is 1.88 bits per heavy atom. The van der Waals surface area contributed by atoms with Crippen LogP contribution < -0.4 is 16.6 Å². The summed E-state index contributed by atoms with van der Waals surface area (Å²) in [6, 6.07) is 2.48. The predicted molar refractivity (Wildman–Crippen MR) is 87.7 cm³/mol. The van der Waals surface area contributed by atoms with E-state index in [9.17, 15) is 19.2 Å². The van der Waals surface area contributed by atoms with Crippen LogP contribution in [0.5, 0.6) is 0 Å². The van der Waals surface area contributed by atoms with Gasteiger partial charge in [0.2, 0.25) is 0 Å². The summed E-state index contributed by atoms with van der Waals surface area (Å²) >= 11 is 1.43. The third kappa shape index (κ3) is 2.28. The second-order valence-electron chi connectivity index (χ2n) is 5.83. The molecule has 0 bridgehead atoms. The molecule has 0 radical (unpaired) electrons. The van der Waals surface area contributed by atoms with Crippen LogP contribution in [0.25, 0.3) is 0 Å². The zero-order chi connectivity index (χ0) is 17.6. The normalized spacial score (nSPS) is 20.5. The second kappa shape index (κ2) is 5.45. The van der Waals surface area contributed by atoms with E-state index in [0.29, 0.717) is 11.3 Å². The molecule has 8 nitrogen and oxygen atoms in total. The number of aromatic nitrogens is 2. The van der Waals surface area contributed by atoms with Gasteiger partial charge in [0.25, 0.3) is 11.5 Å². The summed E-state index contributed by atoms with van der Waals surface area (Å²) in [5, 5.41) is 6.31. The van der Waals surface area contributed by atoms with Crippen LogP contribution in [0.1, 0.15) is 18.2 Å². The lowest BCUT2D eigenvalue weighted by Gasteiger charge is -2.21. The number of thiophene rings is 1. The van der Waals surface area contributed by atoms with Gasteiger partial charge in [-0.2, -0.15) is 11.3 Å². The molecule has 1 fully saturated rings. The Morgan fingerprint density at radius 3 is 2.50 bits per heavy atom. The molecule has 9 heteroatoms. The Kier molecular flexibility index (Phi) is 3.67. The van der Waals surface area contributed by atoms with Crippen molar-refractivity contribution in [3.63, 3.8) is 0 Å². The number of hydrogen-bond acceptors (Lipinski definition) is 5. The van der Waals surface area contributed by atoms with Gasteiger partial charge in [0, 0.05) is 25.9 Å². The number of carbonyl (C=O) groups is 2. The van der Waals surface area contributed by atoms with Crippen LogP contribution in [-0.4, -0.2) is 26.0 Å². The maximum Gasteiger partial charge on any atom is 0.330 e. The minimum atomic E-state index is -1.14. The molecule has 1 saturated heterocycles. The first kappa shape index (κ1) is 16.2. The number of imide groups is 1. The van der Waals surface area contributed by atoms with Gasteiger partial charge >= 0.3 is 11.7 Å². The summed E-state index contributed by atoms with van der Waals surface area (Å²) in [7, 11) is 2.86. The molecule has 0 saturated carbocycles. The van der Waals surface area contributed by atoms with Crippen molar-refractivity contribution in [2.45, 2.75) is 19.0 Å². The molecule has 0 unspecified atom stereocenters. The highest BCUT2D eigenvalue weighted by atomic mass is 32.1. The number of urea groups is 1. The van der Waals surface area contributed by atoms with Crippen LogP contribution in [0.2, 0.25) is 0 Å². The van der Waals surface area contributed by atoms with E-state index in [0.717, 1.165) is 9.47 Å². The molecule has 0 aliphatic carbocycles. The van der Waals surface area contributed by atoms with Crippen molar-refractivity contribution in [1.29, 1.82) is 0 Å². The Morgan fingerprint density at radius 1 is 1.17 bits per heavy atom. The van der Waals surface area contributed by atoms with Gasteiger partial charge in [-0.25, -0.2) is 9.59 Å². The third-order valence-corrected chi connectivity index (χ3v) is 5.00. The lowest BCUT2D eigenvalue weighted by molar-refractivity contribution is -0.131. The van der Waals surface area contributed by atoms with E-state index in [2.05, 4.69) is 5.32 Å². The van der Waals surface area contributed by atoms with Gasteiger partial charge in [0.15, 0.2) is 0 Å². The summed E-state index contributed by atoms with van der Waals surface area (Å²) in [4.78, 5) is 49.9. The van der Waals surface area contributed by atoms with Gasteiger partial charge in [-0.1, -0.05) is 0 Å². The summed E-state index contributed by atoms with van der Waals surface area (Å²) in [6.07, 6.45) is 0. The van der Waals surface area contributed by atoms with Gasteiger partial charge in [-0.05, 0) is 29.3 Å². The maximum atomic E-state index is 12.8. The van der Waals surface area contributed by atoms with Gasteiger partial charge in [-0.3, -0.25) is 23.6 Å². The number of hydrogen-bond donors (Lipinski definition) is 1. The zero-order valence-corrected chi connectivity index (χ0v) is 14.2. The van der Waals surface area contributed by atoms with E-state index in [1.54, 1.807) is 18.4 Å². The molecular weight excluding hydrogens is 332 g/mol. The lowest BCUT2D eigenvalue weighted by atomic mass is 9.95. The Bertz CT molecular complexity index is 943. The first-order valence-corrected chi connectivity index (χ1v) is 8.12. The van der Waals surface area contributed by atoms with Gasteiger partial charge < -0.3 is 5.32 Å².